The highest BCUT2D eigenvalue weighted by molar-refractivity contribution is 5.93. The quantitative estimate of drug-likeness (QED) is 0.647. The Balaban J connectivity index is 2.02. The van der Waals surface area contributed by atoms with E-state index in [4.69, 9.17) is 0 Å². The van der Waals surface area contributed by atoms with E-state index in [1.807, 2.05) is 30.3 Å². The third-order valence-corrected chi connectivity index (χ3v) is 4.54. The van der Waals surface area contributed by atoms with Gasteiger partial charge in [0.15, 0.2) is 0 Å². The van der Waals surface area contributed by atoms with Gasteiger partial charge >= 0.3 is 11.9 Å². The van der Waals surface area contributed by atoms with Crippen molar-refractivity contribution >= 4 is 23.8 Å². The first-order valence-electron chi connectivity index (χ1n) is 8.85. The molecule has 1 aromatic carbocycles. The molecule has 2 unspecified atom stereocenters. The first-order chi connectivity index (χ1) is 12.9. The average molecular weight is 376 g/mol. The molecule has 1 aromatic rings. The number of amides is 2. The van der Waals surface area contributed by atoms with Crippen molar-refractivity contribution in [2.24, 2.45) is 0 Å². The molecule has 0 bridgehead atoms. The number of nitrogens with one attached hydrogen (secondary N) is 1. The highest BCUT2D eigenvalue weighted by Gasteiger charge is 2.38. The van der Waals surface area contributed by atoms with E-state index in [2.05, 4.69) is 10.1 Å². The molecule has 2 rings (SSSR count). The van der Waals surface area contributed by atoms with E-state index >= 15 is 0 Å². The number of rotatable bonds is 8. The number of aliphatic carboxylic acids is 1. The number of carbonyl (C=O) groups excluding carboxylic acids is 3. The number of methoxy groups -OCH3 is 1. The second-order valence-corrected chi connectivity index (χ2v) is 6.41. The minimum absolute atomic E-state index is 0.150. The summed E-state index contributed by atoms with van der Waals surface area (Å²) in [5.41, 5.74) is 0.981. The molecular weight excluding hydrogens is 352 g/mol. The number of nitrogens with zero attached hydrogens (tertiary/aromatic N) is 1. The summed E-state index contributed by atoms with van der Waals surface area (Å²) in [6.07, 6.45) is 1.23. The number of aryl methyl sites for hydroxylation is 1. The van der Waals surface area contributed by atoms with Gasteiger partial charge in [0.1, 0.15) is 12.1 Å². The molecule has 2 atom stereocenters. The fourth-order valence-corrected chi connectivity index (χ4v) is 3.11. The van der Waals surface area contributed by atoms with Crippen LogP contribution >= 0.6 is 0 Å². The molecule has 8 heteroatoms. The van der Waals surface area contributed by atoms with Gasteiger partial charge in [0, 0.05) is 13.0 Å². The molecule has 1 fully saturated rings. The summed E-state index contributed by atoms with van der Waals surface area (Å²) in [4.78, 5) is 49.2. The maximum Gasteiger partial charge on any atom is 0.326 e. The molecule has 0 radical (unpaired) electrons. The number of carboxylic acid groups (broad SMARTS) is 1. The number of hydrogen-bond donors (Lipinski definition) is 2. The van der Waals surface area contributed by atoms with Crippen molar-refractivity contribution in [1.82, 2.24) is 10.2 Å². The molecule has 2 N–H and O–H groups in total. The van der Waals surface area contributed by atoms with Crippen LogP contribution < -0.4 is 5.32 Å². The number of esters is 1. The lowest BCUT2D eigenvalue weighted by Gasteiger charge is -2.26. The third-order valence-electron chi connectivity index (χ3n) is 4.54. The van der Waals surface area contributed by atoms with Crippen molar-refractivity contribution in [1.29, 1.82) is 0 Å². The predicted molar refractivity (Wildman–Crippen MR) is 95.7 cm³/mol. The number of hydrogen-bond acceptors (Lipinski definition) is 5. The predicted octanol–water partition coefficient (Wildman–Crippen LogP) is 0.743. The Morgan fingerprint density at radius 2 is 1.96 bits per heavy atom. The van der Waals surface area contributed by atoms with Crippen molar-refractivity contribution < 1.29 is 29.0 Å². The summed E-state index contributed by atoms with van der Waals surface area (Å²) in [7, 11) is 1.19. The van der Waals surface area contributed by atoms with Crippen LogP contribution in [0.2, 0.25) is 0 Å². The van der Waals surface area contributed by atoms with E-state index in [9.17, 15) is 24.3 Å². The first-order valence-corrected chi connectivity index (χ1v) is 8.85. The van der Waals surface area contributed by atoms with Gasteiger partial charge in [-0.05, 0) is 24.8 Å². The largest absolute Gasteiger partial charge is 0.480 e. The lowest BCUT2D eigenvalue weighted by Crippen LogP contribution is -2.52. The topological polar surface area (TPSA) is 113 Å². The third kappa shape index (κ3) is 5.80. The Morgan fingerprint density at radius 1 is 1.26 bits per heavy atom. The lowest BCUT2D eigenvalue weighted by atomic mass is 10.1. The van der Waals surface area contributed by atoms with Crippen molar-refractivity contribution in [2.75, 3.05) is 13.7 Å². The van der Waals surface area contributed by atoms with Crippen LogP contribution in [0, 0.1) is 0 Å². The van der Waals surface area contributed by atoms with Crippen molar-refractivity contribution in [3.63, 3.8) is 0 Å². The van der Waals surface area contributed by atoms with Gasteiger partial charge in [0.2, 0.25) is 11.8 Å². The number of benzene rings is 1. The minimum atomic E-state index is -1.14. The van der Waals surface area contributed by atoms with E-state index in [-0.39, 0.29) is 25.3 Å². The van der Waals surface area contributed by atoms with E-state index in [1.54, 1.807) is 0 Å². The fraction of sp³-hybridized carbons (Fsp3) is 0.474. The number of ether oxygens (including phenoxy) is 1. The minimum Gasteiger partial charge on any atom is -0.480 e. The van der Waals surface area contributed by atoms with Crippen LogP contribution in [0.15, 0.2) is 30.3 Å². The first kappa shape index (κ1) is 20.4. The molecule has 8 nitrogen and oxygen atoms in total. The number of carboxylic acids is 1. The van der Waals surface area contributed by atoms with E-state index in [0.717, 1.165) is 5.56 Å². The van der Waals surface area contributed by atoms with Crippen LogP contribution in [-0.4, -0.2) is 59.5 Å². The highest BCUT2D eigenvalue weighted by atomic mass is 16.5. The molecule has 1 aliphatic heterocycles. The van der Waals surface area contributed by atoms with Crippen LogP contribution in [0.4, 0.5) is 0 Å². The van der Waals surface area contributed by atoms with Crippen molar-refractivity contribution in [3.8, 4) is 0 Å². The molecule has 146 valence electrons. The Bertz CT molecular complexity index is 691. The standard InChI is InChI=1S/C19H24N2O6/c1-27-17(23)12-14(18(24)21-11-5-8-15(21)19(25)26)20-16(22)10-9-13-6-3-2-4-7-13/h2-4,6-7,14-15H,5,8-12H2,1H3,(H,20,22)(H,25,26). The van der Waals surface area contributed by atoms with E-state index < -0.39 is 29.9 Å². The second-order valence-electron chi connectivity index (χ2n) is 6.41. The van der Waals surface area contributed by atoms with Crippen LogP contribution in [0.1, 0.15) is 31.2 Å². The molecule has 0 aliphatic carbocycles. The number of carbonyl (C=O) groups is 4. The smallest absolute Gasteiger partial charge is 0.326 e. The Hall–Kier alpha value is -2.90. The van der Waals surface area contributed by atoms with Gasteiger partial charge in [-0.15, -0.1) is 0 Å². The normalized spacial score (nSPS) is 17.2. The highest BCUT2D eigenvalue weighted by Crippen LogP contribution is 2.19. The van der Waals surface area contributed by atoms with Crippen molar-refractivity contribution in [3.05, 3.63) is 35.9 Å². The summed E-state index contributed by atoms with van der Waals surface area (Å²) in [6.45, 7) is 0.285. The Labute approximate surface area is 157 Å². The zero-order chi connectivity index (χ0) is 19.8. The van der Waals surface area contributed by atoms with Gasteiger partial charge in [-0.25, -0.2) is 4.79 Å². The van der Waals surface area contributed by atoms with Crippen LogP contribution in [-0.2, 0) is 30.3 Å². The van der Waals surface area contributed by atoms with Gasteiger partial charge in [-0.1, -0.05) is 30.3 Å². The molecule has 0 saturated carbocycles. The maximum atomic E-state index is 12.8. The van der Waals surface area contributed by atoms with Gasteiger partial charge < -0.3 is 20.1 Å². The summed E-state index contributed by atoms with van der Waals surface area (Å²) in [5, 5.41) is 11.8. The van der Waals surface area contributed by atoms with Gasteiger partial charge in [-0.3, -0.25) is 14.4 Å². The van der Waals surface area contributed by atoms with Gasteiger partial charge in [-0.2, -0.15) is 0 Å². The molecule has 0 aromatic heterocycles. The van der Waals surface area contributed by atoms with Crippen molar-refractivity contribution in [2.45, 2.75) is 44.2 Å². The van der Waals surface area contributed by atoms with Crippen LogP contribution in [0.3, 0.4) is 0 Å². The van der Waals surface area contributed by atoms with E-state index in [0.29, 0.717) is 19.3 Å². The fourth-order valence-electron chi connectivity index (χ4n) is 3.11. The molecule has 27 heavy (non-hydrogen) atoms. The molecule has 1 saturated heterocycles. The second kappa shape index (κ2) is 9.70. The SMILES string of the molecule is COC(=O)CC(NC(=O)CCc1ccccc1)C(=O)N1CCCC1C(=O)O. The van der Waals surface area contributed by atoms with Crippen LogP contribution in [0.25, 0.3) is 0 Å². The zero-order valence-corrected chi connectivity index (χ0v) is 15.2. The Morgan fingerprint density at radius 3 is 2.59 bits per heavy atom. The molecule has 2 amide bonds. The van der Waals surface area contributed by atoms with Crippen LogP contribution in [0.5, 0.6) is 0 Å². The summed E-state index contributed by atoms with van der Waals surface area (Å²) < 4.78 is 4.60. The molecule has 1 aliphatic rings. The molecular formula is C19H24N2O6. The van der Waals surface area contributed by atoms with Gasteiger partial charge in [0.05, 0.1) is 13.5 Å². The molecule has 1 heterocycles. The maximum absolute atomic E-state index is 12.8. The summed E-state index contributed by atoms with van der Waals surface area (Å²) in [5.74, 6) is -2.69. The summed E-state index contributed by atoms with van der Waals surface area (Å²) in [6, 6.07) is 7.34. The average Bonchev–Trinajstić information content (AvgIpc) is 3.16. The summed E-state index contributed by atoms with van der Waals surface area (Å²) >= 11 is 0. The Kier molecular flexibility index (Phi) is 7.34. The molecule has 0 spiro atoms. The monoisotopic (exact) mass is 376 g/mol. The zero-order valence-electron chi connectivity index (χ0n) is 15.2. The lowest BCUT2D eigenvalue weighted by molar-refractivity contribution is -0.151. The number of likely N-dealkylation sites (tertiary alicyclic amines) is 1. The van der Waals surface area contributed by atoms with E-state index in [1.165, 1.54) is 12.0 Å². The van der Waals surface area contributed by atoms with Gasteiger partial charge in [0.25, 0.3) is 0 Å².